The van der Waals surface area contributed by atoms with E-state index in [1.807, 2.05) is 13.8 Å². The Kier molecular flexibility index (Phi) is 23.6. The number of carbonyl (C=O) groups excluding carboxylic acids is 2. The molecule has 26 heavy (non-hydrogen) atoms. The van der Waals surface area contributed by atoms with Gasteiger partial charge in [0.05, 0.1) is 6.04 Å². The minimum absolute atomic E-state index is 0.139. The van der Waals surface area contributed by atoms with E-state index in [1.165, 1.54) is 6.42 Å². The molecule has 1 unspecified atom stereocenters. The molecule has 0 saturated carbocycles. The maximum atomic E-state index is 11.6. The molecule has 0 aliphatic heterocycles. The molecule has 1 aromatic carbocycles. The molecule has 8 heteroatoms. The minimum atomic E-state index is -0.280. The van der Waals surface area contributed by atoms with E-state index in [0.29, 0.717) is 27.8 Å². The van der Waals surface area contributed by atoms with Gasteiger partial charge in [0.15, 0.2) is 0 Å². The standard InChI is InChI=1S/C11H14Cl2N2OS.C3H8.C2H5NO.C2H6/c1-6(14-2)11(16)15-7-3-9(12)8(5-17)10(13)4-7;1-3-2;3-1-2-4;1-2/h3-4,6,14,17H,5H2,1-2H3,(H,15,16);3H2,1-2H3;2H,1,3H2;1-2H3. The Labute approximate surface area is 173 Å². The van der Waals surface area contributed by atoms with Crippen molar-refractivity contribution in [1.82, 2.24) is 5.32 Å². The lowest BCUT2D eigenvalue weighted by atomic mass is 10.2. The Hall–Kier alpha value is -0.790. The van der Waals surface area contributed by atoms with Crippen LogP contribution in [-0.4, -0.2) is 31.8 Å². The third-order valence-corrected chi connectivity index (χ3v) is 3.48. The summed E-state index contributed by atoms with van der Waals surface area (Å²) in [6, 6.07) is 3.05. The normalized spacial score (nSPS) is 9.92. The van der Waals surface area contributed by atoms with Crippen molar-refractivity contribution in [2.45, 2.75) is 52.8 Å². The van der Waals surface area contributed by atoms with E-state index in [0.717, 1.165) is 5.56 Å². The third kappa shape index (κ3) is 14.4. The average Bonchev–Trinajstić information content (AvgIpc) is 2.63. The van der Waals surface area contributed by atoms with E-state index in [9.17, 15) is 4.79 Å². The lowest BCUT2D eigenvalue weighted by Crippen LogP contribution is -2.35. The van der Waals surface area contributed by atoms with Gasteiger partial charge in [-0.3, -0.25) is 4.79 Å². The predicted molar refractivity (Wildman–Crippen MR) is 119 cm³/mol. The van der Waals surface area contributed by atoms with Gasteiger partial charge in [0.25, 0.3) is 0 Å². The number of hydrogen-bond acceptors (Lipinski definition) is 5. The number of benzene rings is 1. The zero-order valence-electron chi connectivity index (χ0n) is 16.5. The summed E-state index contributed by atoms with van der Waals surface area (Å²) in [6.07, 6.45) is 1.90. The van der Waals surface area contributed by atoms with Crippen LogP contribution in [0.2, 0.25) is 10.0 Å². The molecule has 4 N–H and O–H groups in total. The van der Waals surface area contributed by atoms with Crippen LogP contribution in [0.3, 0.4) is 0 Å². The molecule has 0 fully saturated rings. The smallest absolute Gasteiger partial charge is 0.241 e. The monoisotopic (exact) mass is 425 g/mol. The first-order valence-electron chi connectivity index (χ1n) is 8.53. The van der Waals surface area contributed by atoms with E-state index in [4.69, 9.17) is 28.0 Å². The van der Waals surface area contributed by atoms with Gasteiger partial charge in [0.2, 0.25) is 5.91 Å². The molecule has 0 aromatic heterocycles. The van der Waals surface area contributed by atoms with Crippen LogP contribution in [0.4, 0.5) is 5.69 Å². The fourth-order valence-electron chi connectivity index (χ4n) is 1.21. The van der Waals surface area contributed by atoms with Crippen LogP contribution in [0.1, 0.15) is 46.6 Å². The maximum absolute atomic E-state index is 11.6. The van der Waals surface area contributed by atoms with E-state index in [2.05, 4.69) is 42.8 Å². The molecule has 152 valence electrons. The molecule has 0 radical (unpaired) electrons. The second-order valence-corrected chi connectivity index (χ2v) is 5.82. The first-order chi connectivity index (χ1) is 12.3. The summed E-state index contributed by atoms with van der Waals surface area (Å²) in [6.45, 7) is 10.2. The van der Waals surface area contributed by atoms with E-state index >= 15 is 0 Å². The van der Waals surface area contributed by atoms with Crippen LogP contribution in [0.5, 0.6) is 0 Å². The minimum Gasteiger partial charge on any atom is -0.325 e. The number of aldehydes is 1. The molecule has 0 bridgehead atoms. The number of nitrogens with two attached hydrogens (primary N) is 1. The summed E-state index contributed by atoms with van der Waals surface area (Å²) in [5, 5.41) is 6.58. The highest BCUT2D eigenvalue weighted by molar-refractivity contribution is 7.79. The maximum Gasteiger partial charge on any atom is 0.241 e. The lowest BCUT2D eigenvalue weighted by molar-refractivity contribution is -0.117. The Bertz CT molecular complexity index is 480. The zero-order chi connectivity index (χ0) is 21.1. The van der Waals surface area contributed by atoms with Gasteiger partial charge in [-0.1, -0.05) is 57.3 Å². The van der Waals surface area contributed by atoms with Gasteiger partial charge in [-0.2, -0.15) is 12.6 Å². The average molecular weight is 426 g/mol. The highest BCUT2D eigenvalue weighted by Crippen LogP contribution is 2.30. The van der Waals surface area contributed by atoms with Crippen molar-refractivity contribution in [1.29, 1.82) is 0 Å². The van der Waals surface area contributed by atoms with Crippen LogP contribution in [-0.2, 0) is 15.3 Å². The van der Waals surface area contributed by atoms with Crippen LogP contribution in [0.15, 0.2) is 12.1 Å². The van der Waals surface area contributed by atoms with Gasteiger partial charge in [-0.25, -0.2) is 0 Å². The molecule has 1 atom stereocenters. The fraction of sp³-hybridized carbons (Fsp3) is 0.556. The van der Waals surface area contributed by atoms with Crippen molar-refractivity contribution in [3.05, 3.63) is 27.7 Å². The Balaban J connectivity index is -0.000000495. The fourth-order valence-corrected chi connectivity index (χ4v) is 2.36. The van der Waals surface area contributed by atoms with Crippen LogP contribution in [0, 0.1) is 0 Å². The van der Waals surface area contributed by atoms with E-state index < -0.39 is 0 Å². The summed E-state index contributed by atoms with van der Waals surface area (Å²) < 4.78 is 0. The first kappa shape index (κ1) is 30.0. The molecule has 0 aliphatic carbocycles. The molecule has 1 aromatic rings. The number of anilines is 1. The van der Waals surface area contributed by atoms with Crippen molar-refractivity contribution in [3.8, 4) is 0 Å². The molecule has 0 heterocycles. The van der Waals surface area contributed by atoms with Crippen molar-refractivity contribution >= 4 is 53.7 Å². The Morgan fingerprint density at radius 2 is 1.65 bits per heavy atom. The summed E-state index contributed by atoms with van der Waals surface area (Å²) in [5.74, 6) is 0.317. The van der Waals surface area contributed by atoms with E-state index in [1.54, 1.807) is 26.1 Å². The molecule has 0 aliphatic rings. The van der Waals surface area contributed by atoms with Gasteiger partial charge in [-0.05, 0) is 31.7 Å². The Morgan fingerprint density at radius 1 is 1.27 bits per heavy atom. The molecule has 5 nitrogen and oxygen atoms in total. The lowest BCUT2D eigenvalue weighted by Gasteiger charge is -2.13. The largest absolute Gasteiger partial charge is 0.325 e. The van der Waals surface area contributed by atoms with Crippen LogP contribution >= 0.6 is 35.8 Å². The summed E-state index contributed by atoms with van der Waals surface area (Å²) in [4.78, 5) is 20.7. The summed E-state index contributed by atoms with van der Waals surface area (Å²) >= 11 is 16.2. The van der Waals surface area contributed by atoms with Crippen LogP contribution < -0.4 is 16.4 Å². The number of thiol groups is 1. The molecule has 0 spiro atoms. The topological polar surface area (TPSA) is 84.2 Å². The van der Waals surface area contributed by atoms with E-state index in [-0.39, 0.29) is 18.5 Å². The molecule has 1 rings (SSSR count). The quantitative estimate of drug-likeness (QED) is 0.411. The molecule has 0 saturated heterocycles. The summed E-state index contributed by atoms with van der Waals surface area (Å²) in [7, 11) is 1.72. The van der Waals surface area contributed by atoms with Gasteiger partial charge in [0, 0.05) is 28.0 Å². The van der Waals surface area contributed by atoms with Crippen molar-refractivity contribution in [2.75, 3.05) is 18.9 Å². The van der Waals surface area contributed by atoms with Crippen molar-refractivity contribution < 1.29 is 9.59 Å². The van der Waals surface area contributed by atoms with Gasteiger partial charge in [-0.15, -0.1) is 0 Å². The van der Waals surface area contributed by atoms with Crippen LogP contribution in [0.25, 0.3) is 0 Å². The van der Waals surface area contributed by atoms with Crippen molar-refractivity contribution in [3.63, 3.8) is 0 Å². The second kappa shape index (κ2) is 20.5. The SMILES string of the molecule is CC.CCC.CNC(C)C(=O)Nc1cc(Cl)c(CS)c(Cl)c1.NCC=O. The Morgan fingerprint density at radius 3 is 1.92 bits per heavy atom. The highest BCUT2D eigenvalue weighted by Gasteiger charge is 2.12. The number of rotatable bonds is 5. The number of carbonyl (C=O) groups is 2. The predicted octanol–water partition coefficient (Wildman–Crippen LogP) is 4.56. The molecule has 1 amide bonds. The highest BCUT2D eigenvalue weighted by atomic mass is 35.5. The van der Waals surface area contributed by atoms with Crippen molar-refractivity contribution in [2.24, 2.45) is 5.73 Å². The third-order valence-electron chi connectivity index (χ3n) is 2.49. The number of amides is 1. The van der Waals surface area contributed by atoms with Gasteiger partial charge < -0.3 is 21.2 Å². The summed E-state index contributed by atoms with van der Waals surface area (Å²) in [5.41, 5.74) is 6.00. The number of nitrogens with one attached hydrogen (secondary N) is 2. The second-order valence-electron chi connectivity index (χ2n) is 4.69. The number of hydrogen-bond donors (Lipinski definition) is 4. The van der Waals surface area contributed by atoms with Gasteiger partial charge >= 0.3 is 0 Å². The number of halogens is 2. The molecular weight excluding hydrogens is 393 g/mol. The number of likely N-dealkylation sites (N-methyl/N-ethyl adjacent to an activating group) is 1. The zero-order valence-corrected chi connectivity index (χ0v) is 18.9. The van der Waals surface area contributed by atoms with Gasteiger partial charge in [0.1, 0.15) is 6.29 Å². The molecular formula is C18H33Cl2N3O2S. The first-order valence-corrected chi connectivity index (χ1v) is 9.92.